The number of ketones is 1. The lowest BCUT2D eigenvalue weighted by molar-refractivity contribution is -0.126. The highest BCUT2D eigenvalue weighted by Crippen LogP contribution is 2.35. The summed E-state index contributed by atoms with van der Waals surface area (Å²) >= 11 is 0. The summed E-state index contributed by atoms with van der Waals surface area (Å²) in [6, 6.07) is 2.76. The number of aromatic nitrogens is 1. The van der Waals surface area contributed by atoms with Crippen LogP contribution in [0.5, 0.6) is 0 Å². The fourth-order valence-corrected chi connectivity index (χ4v) is 1.91. The van der Waals surface area contributed by atoms with Crippen LogP contribution in [0.2, 0.25) is 0 Å². The van der Waals surface area contributed by atoms with Gasteiger partial charge in [0.1, 0.15) is 22.9 Å². The molecule has 1 aromatic rings. The van der Waals surface area contributed by atoms with Crippen LogP contribution in [0, 0.1) is 5.82 Å². The zero-order valence-corrected chi connectivity index (χ0v) is 9.66. The number of hydrogen-bond donors (Lipinski definition) is 1. The first-order valence-corrected chi connectivity index (χ1v) is 5.47. The quantitative estimate of drug-likeness (QED) is 0.763. The molecule has 0 spiro atoms. The van der Waals surface area contributed by atoms with Crippen LogP contribution in [0.4, 0.5) is 4.39 Å². The number of aliphatic hydroxyl groups is 1. The Morgan fingerprint density at radius 2 is 1.94 bits per heavy atom. The summed E-state index contributed by atoms with van der Waals surface area (Å²) in [6.07, 6.45) is 2.57. The first-order chi connectivity index (χ1) is 8.12. The molecule has 1 aliphatic rings. The lowest BCUT2D eigenvalue weighted by Gasteiger charge is -2.30. The highest BCUT2D eigenvalue weighted by molar-refractivity contribution is 5.79. The van der Waals surface area contributed by atoms with Crippen molar-refractivity contribution in [3.05, 3.63) is 43.0 Å². The molecular weight excluding hydrogens is 221 g/mol. The van der Waals surface area contributed by atoms with Crippen molar-refractivity contribution in [3.8, 4) is 0 Å². The predicted octanol–water partition coefficient (Wildman–Crippen LogP) is 2.35. The largest absolute Gasteiger partial charge is 0.383 e. The van der Waals surface area contributed by atoms with Gasteiger partial charge in [-0.1, -0.05) is 0 Å². The Hall–Kier alpha value is -1.55. The maximum atomic E-state index is 13.4. The SMILES string of the molecule is C=C.O=C1CCC(O)(c2ncccc2F)CC1. The summed E-state index contributed by atoms with van der Waals surface area (Å²) in [4.78, 5) is 14.9. The summed E-state index contributed by atoms with van der Waals surface area (Å²) in [7, 11) is 0. The molecule has 3 nitrogen and oxygen atoms in total. The van der Waals surface area contributed by atoms with Gasteiger partial charge in [-0.3, -0.25) is 9.78 Å². The van der Waals surface area contributed by atoms with Crippen LogP contribution in [-0.4, -0.2) is 15.9 Å². The molecule has 1 saturated carbocycles. The Morgan fingerprint density at radius 1 is 1.35 bits per heavy atom. The van der Waals surface area contributed by atoms with Crippen molar-refractivity contribution in [2.24, 2.45) is 0 Å². The number of carbonyl (C=O) groups is 1. The molecule has 0 aromatic carbocycles. The molecule has 1 aromatic heterocycles. The molecule has 1 N–H and O–H groups in total. The lowest BCUT2D eigenvalue weighted by Crippen LogP contribution is -2.33. The smallest absolute Gasteiger partial charge is 0.147 e. The van der Waals surface area contributed by atoms with Crippen molar-refractivity contribution in [2.45, 2.75) is 31.3 Å². The van der Waals surface area contributed by atoms with E-state index in [2.05, 4.69) is 18.1 Å². The van der Waals surface area contributed by atoms with E-state index in [1.54, 1.807) is 0 Å². The summed E-state index contributed by atoms with van der Waals surface area (Å²) in [5.41, 5.74) is -1.20. The zero-order valence-electron chi connectivity index (χ0n) is 9.66. The van der Waals surface area contributed by atoms with Crippen LogP contribution >= 0.6 is 0 Å². The van der Waals surface area contributed by atoms with Crippen LogP contribution in [0.15, 0.2) is 31.5 Å². The van der Waals surface area contributed by atoms with Crippen molar-refractivity contribution in [1.29, 1.82) is 0 Å². The van der Waals surface area contributed by atoms with Crippen molar-refractivity contribution in [1.82, 2.24) is 4.98 Å². The van der Waals surface area contributed by atoms with E-state index in [-0.39, 0.29) is 24.3 Å². The molecular formula is C13H16FNO2. The van der Waals surface area contributed by atoms with Gasteiger partial charge < -0.3 is 5.11 Å². The van der Waals surface area contributed by atoms with E-state index < -0.39 is 11.4 Å². The molecule has 0 atom stereocenters. The van der Waals surface area contributed by atoms with Gasteiger partial charge in [-0.05, 0) is 25.0 Å². The molecule has 4 heteroatoms. The molecule has 17 heavy (non-hydrogen) atoms. The van der Waals surface area contributed by atoms with E-state index in [4.69, 9.17) is 0 Å². The third-order valence-corrected chi connectivity index (χ3v) is 2.83. The van der Waals surface area contributed by atoms with Crippen LogP contribution in [0.1, 0.15) is 31.4 Å². The topological polar surface area (TPSA) is 50.2 Å². The van der Waals surface area contributed by atoms with Gasteiger partial charge in [-0.25, -0.2) is 4.39 Å². The van der Waals surface area contributed by atoms with Gasteiger partial charge in [0.15, 0.2) is 0 Å². The number of pyridine rings is 1. The second-order valence-electron chi connectivity index (χ2n) is 3.90. The van der Waals surface area contributed by atoms with Crippen LogP contribution in [0.25, 0.3) is 0 Å². The van der Waals surface area contributed by atoms with E-state index in [0.717, 1.165) is 0 Å². The minimum absolute atomic E-state index is 0.0671. The molecule has 0 unspecified atom stereocenters. The average molecular weight is 237 g/mol. The number of carbonyl (C=O) groups excluding carboxylic acids is 1. The third-order valence-electron chi connectivity index (χ3n) is 2.83. The highest BCUT2D eigenvalue weighted by Gasteiger charge is 2.37. The fraction of sp³-hybridized carbons (Fsp3) is 0.385. The normalized spacial score (nSPS) is 18.1. The van der Waals surface area contributed by atoms with Gasteiger partial charge in [-0.15, -0.1) is 13.2 Å². The Balaban J connectivity index is 0.000000686. The molecule has 0 aliphatic heterocycles. The first kappa shape index (κ1) is 13.5. The molecule has 1 fully saturated rings. The lowest BCUT2D eigenvalue weighted by atomic mass is 9.81. The van der Waals surface area contributed by atoms with E-state index in [9.17, 15) is 14.3 Å². The number of nitrogens with zero attached hydrogens (tertiary/aromatic N) is 1. The molecule has 0 bridgehead atoms. The summed E-state index contributed by atoms with van der Waals surface area (Å²) in [5, 5.41) is 10.2. The summed E-state index contributed by atoms with van der Waals surface area (Å²) in [5.74, 6) is -0.384. The number of rotatable bonds is 1. The van der Waals surface area contributed by atoms with Gasteiger partial charge >= 0.3 is 0 Å². The number of Topliss-reactive ketones (excluding diaryl/α,β-unsaturated/α-hetero) is 1. The standard InChI is InChI=1S/C11H12FNO2.C2H4/c12-9-2-1-7-13-10(9)11(15)5-3-8(14)4-6-11;1-2/h1-2,7,15H,3-6H2;1-2H2. The fourth-order valence-electron chi connectivity index (χ4n) is 1.91. The minimum atomic E-state index is -1.26. The molecule has 1 heterocycles. The van der Waals surface area contributed by atoms with Crippen molar-refractivity contribution in [2.75, 3.05) is 0 Å². The zero-order chi connectivity index (χ0) is 12.9. The van der Waals surface area contributed by atoms with E-state index in [1.165, 1.54) is 18.3 Å². The average Bonchev–Trinajstić information content (AvgIpc) is 2.36. The highest BCUT2D eigenvalue weighted by atomic mass is 19.1. The van der Waals surface area contributed by atoms with E-state index in [0.29, 0.717) is 12.8 Å². The Morgan fingerprint density at radius 3 is 2.47 bits per heavy atom. The minimum Gasteiger partial charge on any atom is -0.383 e. The maximum Gasteiger partial charge on any atom is 0.147 e. The number of halogens is 1. The predicted molar refractivity (Wildman–Crippen MR) is 62.8 cm³/mol. The Labute approximate surface area is 100 Å². The van der Waals surface area contributed by atoms with Gasteiger partial charge in [0, 0.05) is 19.0 Å². The first-order valence-electron chi connectivity index (χ1n) is 5.47. The summed E-state index contributed by atoms with van der Waals surface area (Å²) in [6.45, 7) is 6.00. The van der Waals surface area contributed by atoms with Gasteiger partial charge in [0.05, 0.1) is 0 Å². The molecule has 0 amide bonds. The van der Waals surface area contributed by atoms with Gasteiger partial charge in [-0.2, -0.15) is 0 Å². The Kier molecular flexibility index (Phi) is 4.52. The second-order valence-corrected chi connectivity index (χ2v) is 3.90. The van der Waals surface area contributed by atoms with Crippen LogP contribution < -0.4 is 0 Å². The maximum absolute atomic E-state index is 13.4. The van der Waals surface area contributed by atoms with Crippen LogP contribution in [0.3, 0.4) is 0 Å². The molecule has 0 saturated heterocycles. The van der Waals surface area contributed by atoms with E-state index >= 15 is 0 Å². The molecule has 92 valence electrons. The molecule has 0 radical (unpaired) electrons. The number of hydrogen-bond acceptors (Lipinski definition) is 3. The van der Waals surface area contributed by atoms with E-state index in [1.807, 2.05) is 0 Å². The second kappa shape index (κ2) is 5.68. The monoisotopic (exact) mass is 237 g/mol. The van der Waals surface area contributed by atoms with Crippen LogP contribution in [-0.2, 0) is 10.4 Å². The van der Waals surface area contributed by atoms with Crippen molar-refractivity contribution < 1.29 is 14.3 Å². The van der Waals surface area contributed by atoms with Crippen molar-refractivity contribution in [3.63, 3.8) is 0 Å². The molecule has 2 rings (SSSR count). The molecule has 1 aliphatic carbocycles. The van der Waals surface area contributed by atoms with Crippen molar-refractivity contribution >= 4 is 5.78 Å². The summed E-state index contributed by atoms with van der Waals surface area (Å²) < 4.78 is 13.4. The van der Waals surface area contributed by atoms with Gasteiger partial charge in [0.25, 0.3) is 0 Å². The van der Waals surface area contributed by atoms with Gasteiger partial charge in [0.2, 0.25) is 0 Å². The Bertz CT molecular complexity index is 396. The third kappa shape index (κ3) is 2.97.